The predicted molar refractivity (Wildman–Crippen MR) is 64.0 cm³/mol. The van der Waals surface area contributed by atoms with Gasteiger partial charge in [-0.2, -0.15) is 0 Å². The molecule has 18 heavy (non-hydrogen) atoms. The zero-order valence-corrected chi connectivity index (χ0v) is 10.5. The van der Waals surface area contributed by atoms with E-state index in [4.69, 9.17) is 9.84 Å². The van der Waals surface area contributed by atoms with Gasteiger partial charge in [0, 0.05) is 19.5 Å². The van der Waals surface area contributed by atoms with Gasteiger partial charge in [0.25, 0.3) is 0 Å². The third-order valence-electron chi connectivity index (χ3n) is 1.99. The molecule has 0 rings (SSSR count). The van der Waals surface area contributed by atoms with Gasteiger partial charge in [-0.1, -0.05) is 0 Å². The Morgan fingerprint density at radius 3 is 2.50 bits per heavy atom. The van der Waals surface area contributed by atoms with Crippen molar-refractivity contribution in [2.75, 3.05) is 26.2 Å². The molecule has 0 aliphatic heterocycles. The molecule has 0 saturated carbocycles. The lowest BCUT2D eigenvalue weighted by atomic mass is 10.3. The van der Waals surface area contributed by atoms with Gasteiger partial charge in [-0.3, -0.25) is 14.4 Å². The Bertz CT molecular complexity index is 281. The van der Waals surface area contributed by atoms with Crippen LogP contribution in [0.1, 0.15) is 26.2 Å². The number of nitrogens with one attached hydrogen (secondary N) is 2. The molecule has 0 saturated heterocycles. The Morgan fingerprint density at radius 2 is 1.89 bits per heavy atom. The molecule has 3 N–H and O–H groups in total. The van der Waals surface area contributed by atoms with Crippen molar-refractivity contribution in [1.82, 2.24) is 10.6 Å². The second kappa shape index (κ2) is 10.5. The molecule has 0 heterocycles. The molecule has 0 aliphatic rings. The number of ether oxygens (including phenoxy) is 1. The largest absolute Gasteiger partial charge is 0.481 e. The van der Waals surface area contributed by atoms with Crippen molar-refractivity contribution < 1.29 is 24.2 Å². The summed E-state index contributed by atoms with van der Waals surface area (Å²) in [5.74, 6) is -1.40. The van der Waals surface area contributed by atoms with Crippen LogP contribution in [0.3, 0.4) is 0 Å². The molecule has 0 bridgehead atoms. The Kier molecular flexibility index (Phi) is 9.57. The molecule has 0 fully saturated rings. The third-order valence-corrected chi connectivity index (χ3v) is 1.99. The molecule has 0 aromatic heterocycles. The van der Waals surface area contributed by atoms with Crippen molar-refractivity contribution in [2.24, 2.45) is 0 Å². The normalized spacial score (nSPS) is 9.83. The average Bonchev–Trinajstić information content (AvgIpc) is 2.30. The van der Waals surface area contributed by atoms with Crippen molar-refractivity contribution in [3.05, 3.63) is 0 Å². The van der Waals surface area contributed by atoms with Crippen LogP contribution in [-0.4, -0.2) is 49.2 Å². The maximum Gasteiger partial charge on any atom is 0.305 e. The van der Waals surface area contributed by atoms with Crippen LogP contribution >= 0.6 is 0 Å². The smallest absolute Gasteiger partial charge is 0.305 e. The number of hydrogen-bond acceptors (Lipinski definition) is 5. The van der Waals surface area contributed by atoms with E-state index in [0.717, 1.165) is 0 Å². The minimum atomic E-state index is -0.905. The van der Waals surface area contributed by atoms with Crippen molar-refractivity contribution in [3.8, 4) is 0 Å². The number of amides is 1. The number of esters is 1. The van der Waals surface area contributed by atoms with Gasteiger partial charge < -0.3 is 20.5 Å². The molecule has 1 amide bonds. The summed E-state index contributed by atoms with van der Waals surface area (Å²) in [4.78, 5) is 32.4. The summed E-state index contributed by atoms with van der Waals surface area (Å²) in [6.45, 7) is 2.83. The van der Waals surface area contributed by atoms with Gasteiger partial charge >= 0.3 is 11.9 Å². The van der Waals surface area contributed by atoms with Crippen LogP contribution in [0.5, 0.6) is 0 Å². The van der Waals surface area contributed by atoms with Crippen LogP contribution in [0.15, 0.2) is 0 Å². The molecular formula is C11H20N2O5. The zero-order valence-electron chi connectivity index (χ0n) is 10.5. The number of hydrogen-bond donors (Lipinski definition) is 3. The molecule has 7 heteroatoms. The summed E-state index contributed by atoms with van der Waals surface area (Å²) >= 11 is 0. The van der Waals surface area contributed by atoms with E-state index in [1.54, 1.807) is 6.92 Å². The molecule has 0 spiro atoms. The summed E-state index contributed by atoms with van der Waals surface area (Å²) in [6, 6.07) is 0. The first-order chi connectivity index (χ1) is 8.56. The molecule has 0 aromatic carbocycles. The summed E-state index contributed by atoms with van der Waals surface area (Å²) < 4.78 is 4.73. The quantitative estimate of drug-likeness (QED) is 0.361. The first-order valence-corrected chi connectivity index (χ1v) is 5.91. The van der Waals surface area contributed by atoms with Gasteiger partial charge in [-0.15, -0.1) is 0 Å². The maximum atomic E-state index is 11.2. The van der Waals surface area contributed by atoms with E-state index in [0.29, 0.717) is 19.6 Å². The number of carboxylic acids is 1. The highest BCUT2D eigenvalue weighted by atomic mass is 16.5. The summed E-state index contributed by atoms with van der Waals surface area (Å²) in [7, 11) is 0. The number of aliphatic carboxylic acids is 1. The number of carbonyl (C=O) groups excluding carboxylic acids is 2. The summed E-state index contributed by atoms with van der Waals surface area (Å²) in [5.41, 5.74) is 0. The molecule has 0 atom stereocenters. The monoisotopic (exact) mass is 260 g/mol. The van der Waals surface area contributed by atoms with E-state index < -0.39 is 5.97 Å². The molecule has 0 radical (unpaired) electrons. The van der Waals surface area contributed by atoms with Gasteiger partial charge in [0.15, 0.2) is 0 Å². The van der Waals surface area contributed by atoms with Gasteiger partial charge in [0.05, 0.1) is 19.6 Å². The highest BCUT2D eigenvalue weighted by molar-refractivity contribution is 5.78. The predicted octanol–water partition coefficient (Wildman–Crippen LogP) is -0.490. The Balaban J connectivity index is 3.37. The SMILES string of the molecule is CCOC(=O)CCCNC(=O)CNCCC(=O)O. The standard InChI is InChI=1S/C11H20N2O5/c1-2-18-11(17)4-3-6-13-9(14)8-12-7-5-10(15)16/h12H,2-8H2,1H3,(H,13,14)(H,15,16). The van der Waals surface area contributed by atoms with Gasteiger partial charge in [-0.25, -0.2) is 0 Å². The van der Waals surface area contributed by atoms with Crippen molar-refractivity contribution >= 4 is 17.8 Å². The van der Waals surface area contributed by atoms with E-state index in [1.165, 1.54) is 0 Å². The minimum absolute atomic E-state index is 0.0177. The second-order valence-electron chi connectivity index (χ2n) is 3.58. The van der Waals surface area contributed by atoms with Crippen LogP contribution in [0.2, 0.25) is 0 Å². The van der Waals surface area contributed by atoms with Crippen molar-refractivity contribution in [3.63, 3.8) is 0 Å². The lowest BCUT2D eigenvalue weighted by molar-refractivity contribution is -0.143. The van der Waals surface area contributed by atoms with Gasteiger partial charge in [-0.05, 0) is 13.3 Å². The van der Waals surface area contributed by atoms with Crippen LogP contribution < -0.4 is 10.6 Å². The third kappa shape index (κ3) is 10.9. The van der Waals surface area contributed by atoms with E-state index in [9.17, 15) is 14.4 Å². The molecular weight excluding hydrogens is 240 g/mol. The summed E-state index contributed by atoms with van der Waals surface area (Å²) in [5, 5.41) is 13.7. The molecule has 0 unspecified atom stereocenters. The lowest BCUT2D eigenvalue weighted by Crippen LogP contribution is -2.35. The molecule has 104 valence electrons. The number of rotatable bonds is 10. The fourth-order valence-electron chi connectivity index (χ4n) is 1.15. The molecule has 7 nitrogen and oxygen atoms in total. The van der Waals surface area contributed by atoms with E-state index in [-0.39, 0.29) is 37.8 Å². The molecule has 0 aliphatic carbocycles. The van der Waals surface area contributed by atoms with Crippen LogP contribution in [0.25, 0.3) is 0 Å². The Morgan fingerprint density at radius 1 is 1.17 bits per heavy atom. The fourth-order valence-corrected chi connectivity index (χ4v) is 1.15. The highest BCUT2D eigenvalue weighted by Gasteiger charge is 2.03. The van der Waals surface area contributed by atoms with Gasteiger partial charge in [0.1, 0.15) is 0 Å². The maximum absolute atomic E-state index is 11.2. The van der Waals surface area contributed by atoms with Crippen LogP contribution in [0.4, 0.5) is 0 Å². The second-order valence-corrected chi connectivity index (χ2v) is 3.58. The highest BCUT2D eigenvalue weighted by Crippen LogP contribution is 1.91. The number of carbonyl (C=O) groups is 3. The first-order valence-electron chi connectivity index (χ1n) is 5.91. The van der Waals surface area contributed by atoms with Crippen molar-refractivity contribution in [1.29, 1.82) is 0 Å². The van der Waals surface area contributed by atoms with Crippen molar-refractivity contribution in [2.45, 2.75) is 26.2 Å². The minimum Gasteiger partial charge on any atom is -0.481 e. The number of carboxylic acid groups (broad SMARTS) is 1. The lowest BCUT2D eigenvalue weighted by Gasteiger charge is -2.05. The molecule has 0 aromatic rings. The summed E-state index contributed by atoms with van der Waals surface area (Å²) in [6.07, 6.45) is 0.788. The zero-order chi connectivity index (χ0) is 13.8. The topological polar surface area (TPSA) is 105 Å². The Labute approximate surface area is 106 Å². The first kappa shape index (κ1) is 16.4. The average molecular weight is 260 g/mol. The van der Waals surface area contributed by atoms with Gasteiger partial charge in [0.2, 0.25) is 5.91 Å². The van der Waals surface area contributed by atoms with E-state index in [2.05, 4.69) is 10.6 Å². The van der Waals surface area contributed by atoms with Crippen LogP contribution in [-0.2, 0) is 19.1 Å². The fraction of sp³-hybridized carbons (Fsp3) is 0.727. The van der Waals surface area contributed by atoms with E-state index >= 15 is 0 Å². The Hall–Kier alpha value is -1.63. The van der Waals surface area contributed by atoms with E-state index in [1.807, 2.05) is 0 Å². The van der Waals surface area contributed by atoms with Crippen LogP contribution in [0, 0.1) is 0 Å².